The van der Waals surface area contributed by atoms with Crippen molar-refractivity contribution in [3.63, 3.8) is 0 Å². The van der Waals surface area contributed by atoms with Crippen molar-refractivity contribution in [2.45, 2.75) is 70.4 Å². The third-order valence-electron chi connectivity index (χ3n) is 4.73. The highest BCUT2D eigenvalue weighted by Gasteiger charge is 2.19. The number of thioether (sulfide) groups is 1. The second-order valence-corrected chi connectivity index (χ2v) is 8.35. The molecule has 170 valence electrons. The van der Waals surface area contributed by atoms with Crippen LogP contribution in [-0.4, -0.2) is 36.8 Å². The molecule has 0 radical (unpaired) electrons. The zero-order valence-corrected chi connectivity index (χ0v) is 19.1. The van der Waals surface area contributed by atoms with E-state index < -0.39 is 23.2 Å². The summed E-state index contributed by atoms with van der Waals surface area (Å²) in [4.78, 5) is 57.3. The molecule has 11 heteroatoms. The average molecular weight is 451 g/mol. The second-order valence-electron chi connectivity index (χ2n) is 7.26. The lowest BCUT2D eigenvalue weighted by Gasteiger charge is -2.14. The van der Waals surface area contributed by atoms with Gasteiger partial charge in [-0.3, -0.25) is 24.0 Å². The molecule has 0 aliphatic heterocycles. The van der Waals surface area contributed by atoms with Crippen LogP contribution in [0.4, 0.5) is 4.79 Å². The molecule has 2 rings (SSSR count). The van der Waals surface area contributed by atoms with Gasteiger partial charge >= 0.3 is 11.7 Å². The highest BCUT2D eigenvalue weighted by atomic mass is 32.2. The van der Waals surface area contributed by atoms with Crippen molar-refractivity contribution in [1.29, 1.82) is 0 Å². The van der Waals surface area contributed by atoms with Crippen molar-refractivity contribution >= 4 is 34.7 Å². The van der Waals surface area contributed by atoms with Crippen molar-refractivity contribution in [1.82, 2.24) is 24.4 Å². The summed E-state index contributed by atoms with van der Waals surface area (Å²) in [6.45, 7) is 4.51. The summed E-state index contributed by atoms with van der Waals surface area (Å²) in [7, 11) is 1.43. The highest BCUT2D eigenvalue weighted by molar-refractivity contribution is 7.99. The number of nitrogens with one attached hydrogen (secondary N) is 1. The summed E-state index contributed by atoms with van der Waals surface area (Å²) in [5.74, 6) is 0.357. The maximum absolute atomic E-state index is 12.9. The number of rotatable bonds is 11. The van der Waals surface area contributed by atoms with Crippen LogP contribution < -0.4 is 22.3 Å². The number of nitrogens with zero attached hydrogens (tertiary/aromatic N) is 4. The van der Waals surface area contributed by atoms with E-state index in [9.17, 15) is 19.2 Å². The molecule has 0 atom stereocenters. The molecule has 0 spiro atoms. The van der Waals surface area contributed by atoms with Crippen LogP contribution in [0.2, 0.25) is 0 Å². The smallest absolute Gasteiger partial charge is 0.332 e. The Morgan fingerprint density at radius 2 is 1.84 bits per heavy atom. The Hall–Kier alpha value is -2.69. The number of aryl methyl sites for hydroxylation is 2. The molecule has 2 heterocycles. The number of carbonyl (C=O) groups is 2. The number of primary amides is 1. The highest BCUT2D eigenvalue weighted by Crippen LogP contribution is 2.24. The van der Waals surface area contributed by atoms with Gasteiger partial charge in [0.2, 0.25) is 5.91 Å². The SMILES string of the molecule is CCCCCCc1nc(SCCC(=O)NC(N)=O)c2c(=O)n(C)c(=O)n(CCC)c2n1. The molecule has 0 aromatic carbocycles. The molecule has 0 fully saturated rings. The number of imide groups is 1. The quantitative estimate of drug-likeness (QED) is 0.301. The Bertz CT molecular complexity index is 1060. The minimum absolute atomic E-state index is 0.0276. The minimum atomic E-state index is -0.908. The molecule has 2 aromatic heterocycles. The number of carbonyl (C=O) groups excluding carboxylic acids is 2. The van der Waals surface area contributed by atoms with Crippen LogP contribution in [-0.2, 0) is 24.8 Å². The Labute approximate surface area is 184 Å². The van der Waals surface area contributed by atoms with Crippen LogP contribution in [0.25, 0.3) is 11.0 Å². The van der Waals surface area contributed by atoms with E-state index in [0.717, 1.165) is 30.3 Å². The van der Waals surface area contributed by atoms with Crippen LogP contribution in [0.15, 0.2) is 14.6 Å². The maximum atomic E-state index is 12.9. The van der Waals surface area contributed by atoms with Gasteiger partial charge < -0.3 is 5.73 Å². The number of amides is 3. The summed E-state index contributed by atoms with van der Waals surface area (Å²) < 4.78 is 2.57. The number of hydrogen-bond acceptors (Lipinski definition) is 7. The van der Waals surface area contributed by atoms with E-state index in [1.54, 1.807) is 0 Å². The largest absolute Gasteiger partial charge is 0.351 e. The maximum Gasteiger partial charge on any atom is 0.332 e. The summed E-state index contributed by atoms with van der Waals surface area (Å²) >= 11 is 1.23. The van der Waals surface area contributed by atoms with Crippen LogP contribution >= 0.6 is 11.8 Å². The number of nitrogens with two attached hydrogens (primary N) is 1. The fraction of sp³-hybridized carbons (Fsp3) is 0.600. The summed E-state index contributed by atoms with van der Waals surface area (Å²) in [6, 6.07) is -0.908. The number of unbranched alkanes of at least 4 members (excludes halogenated alkanes) is 3. The van der Waals surface area contributed by atoms with Crippen molar-refractivity contribution in [2.24, 2.45) is 12.8 Å². The Balaban J connectivity index is 2.47. The number of hydrogen-bond donors (Lipinski definition) is 2. The number of aromatic nitrogens is 4. The summed E-state index contributed by atoms with van der Waals surface area (Å²) in [5, 5.41) is 2.72. The van der Waals surface area contributed by atoms with Crippen LogP contribution in [0.3, 0.4) is 0 Å². The Morgan fingerprint density at radius 3 is 2.48 bits per heavy atom. The second kappa shape index (κ2) is 11.6. The Kier molecular flexibility index (Phi) is 9.22. The van der Waals surface area contributed by atoms with Crippen LogP contribution in [0.1, 0.15) is 58.2 Å². The summed E-state index contributed by atoms with van der Waals surface area (Å²) in [5.41, 5.74) is 4.42. The van der Waals surface area contributed by atoms with Crippen molar-refractivity contribution in [3.8, 4) is 0 Å². The van der Waals surface area contributed by atoms with E-state index in [1.807, 2.05) is 12.2 Å². The summed E-state index contributed by atoms with van der Waals surface area (Å²) in [6.07, 6.45) is 5.56. The number of urea groups is 1. The third-order valence-corrected chi connectivity index (χ3v) is 5.70. The fourth-order valence-corrected chi connectivity index (χ4v) is 4.15. The van der Waals surface area contributed by atoms with Gasteiger partial charge in [0.05, 0.1) is 0 Å². The molecule has 0 bridgehead atoms. The van der Waals surface area contributed by atoms with Crippen molar-refractivity contribution in [2.75, 3.05) is 5.75 Å². The number of fused-ring (bicyclic) bond motifs is 1. The van der Waals surface area contributed by atoms with Crippen molar-refractivity contribution in [3.05, 3.63) is 26.7 Å². The first-order valence-corrected chi connectivity index (χ1v) is 11.5. The molecule has 0 aliphatic rings. The molecular weight excluding hydrogens is 420 g/mol. The van der Waals surface area contributed by atoms with Crippen LogP contribution in [0.5, 0.6) is 0 Å². The van der Waals surface area contributed by atoms with Gasteiger partial charge in [0, 0.05) is 32.2 Å². The first-order chi connectivity index (χ1) is 14.8. The molecule has 0 unspecified atom stereocenters. The first kappa shape index (κ1) is 24.6. The molecule has 0 saturated carbocycles. The predicted octanol–water partition coefficient (Wildman–Crippen LogP) is 1.70. The predicted molar refractivity (Wildman–Crippen MR) is 120 cm³/mol. The average Bonchev–Trinajstić information content (AvgIpc) is 2.72. The third kappa shape index (κ3) is 6.39. The molecule has 2 aromatic rings. The zero-order valence-electron chi connectivity index (χ0n) is 18.3. The normalized spacial score (nSPS) is 11.1. The molecule has 0 saturated heterocycles. The lowest BCUT2D eigenvalue weighted by atomic mass is 10.1. The minimum Gasteiger partial charge on any atom is -0.351 e. The lowest BCUT2D eigenvalue weighted by molar-refractivity contribution is -0.119. The van der Waals surface area contributed by atoms with Crippen LogP contribution in [0, 0.1) is 0 Å². The van der Waals surface area contributed by atoms with E-state index in [4.69, 9.17) is 5.73 Å². The van der Waals surface area contributed by atoms with Gasteiger partial charge in [-0.2, -0.15) is 0 Å². The van der Waals surface area contributed by atoms with Gasteiger partial charge in [0.15, 0.2) is 5.65 Å². The van der Waals surface area contributed by atoms with Gasteiger partial charge in [-0.1, -0.05) is 33.1 Å². The van der Waals surface area contributed by atoms with E-state index in [0.29, 0.717) is 35.9 Å². The van der Waals surface area contributed by atoms with Gasteiger partial charge in [-0.05, 0) is 12.8 Å². The van der Waals surface area contributed by atoms with E-state index in [-0.39, 0.29) is 17.6 Å². The fourth-order valence-electron chi connectivity index (χ4n) is 3.17. The van der Waals surface area contributed by atoms with Gasteiger partial charge in [0.1, 0.15) is 16.2 Å². The van der Waals surface area contributed by atoms with Gasteiger partial charge in [-0.15, -0.1) is 11.8 Å². The molecule has 3 N–H and O–H groups in total. The molecule has 3 amide bonds. The standard InChI is InChI=1S/C20H30N6O4S/c1-4-6-7-8-9-13-22-16-15(18(28)25(3)20(30)26(16)11-5-2)17(23-13)31-12-10-14(27)24-19(21)29/h4-12H2,1-3H3,(H3,21,24,27,29). The van der Waals surface area contributed by atoms with E-state index >= 15 is 0 Å². The Morgan fingerprint density at radius 1 is 1.10 bits per heavy atom. The molecule has 31 heavy (non-hydrogen) atoms. The molecule has 10 nitrogen and oxygen atoms in total. The van der Waals surface area contributed by atoms with Crippen molar-refractivity contribution < 1.29 is 9.59 Å². The van der Waals surface area contributed by atoms with E-state index in [1.165, 1.54) is 23.4 Å². The zero-order chi connectivity index (χ0) is 23.0. The van der Waals surface area contributed by atoms with Gasteiger partial charge in [-0.25, -0.2) is 19.6 Å². The monoisotopic (exact) mass is 450 g/mol. The van der Waals surface area contributed by atoms with Gasteiger partial charge in [0.25, 0.3) is 5.56 Å². The van der Waals surface area contributed by atoms with E-state index in [2.05, 4.69) is 16.9 Å². The lowest BCUT2D eigenvalue weighted by Crippen LogP contribution is -2.39. The molecule has 0 aliphatic carbocycles. The first-order valence-electron chi connectivity index (χ1n) is 10.5. The topological polar surface area (TPSA) is 142 Å². The molecular formula is C20H30N6O4S.